The molecular formula is C34H34N2O6S. The lowest BCUT2D eigenvalue weighted by molar-refractivity contribution is -0.132. The van der Waals surface area contributed by atoms with E-state index in [9.17, 15) is 14.7 Å². The Balaban J connectivity index is 1.46. The van der Waals surface area contributed by atoms with E-state index < -0.39 is 17.7 Å². The summed E-state index contributed by atoms with van der Waals surface area (Å²) in [7, 11) is 0. The SMILES string of the molecule is CCCCCOc1cccc(C2C(=C(O)c3ccc4c(c3)CC(C)O4)C(=O)C(=O)N2c2nc3ccc(OCC)cc3s2)c1. The average molecular weight is 599 g/mol. The van der Waals surface area contributed by atoms with Crippen molar-refractivity contribution in [1.29, 1.82) is 0 Å². The van der Waals surface area contributed by atoms with Gasteiger partial charge >= 0.3 is 5.91 Å². The lowest BCUT2D eigenvalue weighted by Crippen LogP contribution is -2.29. The van der Waals surface area contributed by atoms with Crippen LogP contribution in [0.1, 0.15) is 62.8 Å². The van der Waals surface area contributed by atoms with Crippen LogP contribution in [0, 0.1) is 0 Å². The molecule has 2 aliphatic rings. The monoisotopic (exact) mass is 598 g/mol. The summed E-state index contributed by atoms with van der Waals surface area (Å²) < 4.78 is 18.3. The first-order valence-corrected chi connectivity index (χ1v) is 15.6. The topological polar surface area (TPSA) is 98.2 Å². The highest BCUT2D eigenvalue weighted by molar-refractivity contribution is 7.22. The predicted molar refractivity (Wildman–Crippen MR) is 167 cm³/mol. The van der Waals surface area contributed by atoms with Crippen molar-refractivity contribution in [2.24, 2.45) is 0 Å². The number of rotatable bonds is 10. The van der Waals surface area contributed by atoms with Gasteiger partial charge in [0.25, 0.3) is 5.78 Å². The number of thiazole rings is 1. The van der Waals surface area contributed by atoms with Gasteiger partial charge in [-0.25, -0.2) is 4.98 Å². The Labute approximate surface area is 254 Å². The summed E-state index contributed by atoms with van der Waals surface area (Å²) in [5, 5.41) is 12.0. The molecule has 43 heavy (non-hydrogen) atoms. The second-order valence-electron chi connectivity index (χ2n) is 10.8. The zero-order valence-corrected chi connectivity index (χ0v) is 25.3. The van der Waals surface area contributed by atoms with Gasteiger partial charge in [0.1, 0.15) is 29.1 Å². The molecule has 0 radical (unpaired) electrons. The van der Waals surface area contributed by atoms with E-state index in [0.29, 0.717) is 52.9 Å². The fourth-order valence-electron chi connectivity index (χ4n) is 5.64. The normalized spacial score (nSPS) is 19.1. The fraction of sp³-hybridized carbons (Fsp3) is 0.324. The van der Waals surface area contributed by atoms with Gasteiger partial charge in [0.15, 0.2) is 5.13 Å². The summed E-state index contributed by atoms with van der Waals surface area (Å²) in [4.78, 5) is 33.6. The van der Waals surface area contributed by atoms with Crippen molar-refractivity contribution in [3.63, 3.8) is 0 Å². The van der Waals surface area contributed by atoms with E-state index in [1.165, 1.54) is 16.2 Å². The van der Waals surface area contributed by atoms with Crippen LogP contribution in [0.25, 0.3) is 16.0 Å². The second-order valence-corrected chi connectivity index (χ2v) is 11.8. The second kappa shape index (κ2) is 12.1. The quantitative estimate of drug-likeness (QED) is 0.0891. The number of aromatic nitrogens is 1. The molecule has 4 aromatic rings. The van der Waals surface area contributed by atoms with Crippen molar-refractivity contribution >= 4 is 44.1 Å². The van der Waals surface area contributed by atoms with E-state index >= 15 is 0 Å². The average Bonchev–Trinajstić information content (AvgIpc) is 3.67. The van der Waals surface area contributed by atoms with Crippen LogP contribution in [0.4, 0.5) is 5.13 Å². The van der Waals surface area contributed by atoms with Gasteiger partial charge in [-0.1, -0.05) is 43.2 Å². The summed E-state index contributed by atoms with van der Waals surface area (Å²) >= 11 is 1.30. The van der Waals surface area contributed by atoms with Gasteiger partial charge in [-0.3, -0.25) is 14.5 Å². The van der Waals surface area contributed by atoms with Gasteiger partial charge in [-0.15, -0.1) is 0 Å². The molecule has 0 spiro atoms. The maximum atomic E-state index is 13.8. The first kappa shape index (κ1) is 28.7. The highest BCUT2D eigenvalue weighted by Crippen LogP contribution is 2.45. The summed E-state index contributed by atoms with van der Waals surface area (Å²) in [5.74, 6) is 0.344. The number of hydrogen-bond acceptors (Lipinski definition) is 8. The Morgan fingerprint density at radius 1 is 1.05 bits per heavy atom. The first-order chi connectivity index (χ1) is 20.9. The minimum atomic E-state index is -0.908. The molecule has 1 fully saturated rings. The molecule has 8 nitrogen and oxygen atoms in total. The third kappa shape index (κ3) is 5.57. The van der Waals surface area contributed by atoms with Crippen LogP contribution >= 0.6 is 11.3 Å². The van der Waals surface area contributed by atoms with Crippen LogP contribution in [0.3, 0.4) is 0 Å². The number of benzene rings is 3. The van der Waals surface area contributed by atoms with E-state index in [4.69, 9.17) is 19.2 Å². The number of Topliss-reactive ketones (excluding diaryl/α,β-unsaturated/α-hetero) is 1. The van der Waals surface area contributed by atoms with Crippen LogP contribution in [0.15, 0.2) is 66.2 Å². The largest absolute Gasteiger partial charge is 0.507 e. The van der Waals surface area contributed by atoms with Crippen LogP contribution < -0.4 is 19.1 Å². The first-order valence-electron chi connectivity index (χ1n) is 14.7. The molecule has 0 saturated carbocycles. The number of amides is 1. The Kier molecular flexibility index (Phi) is 8.08. The number of carbonyl (C=O) groups excluding carboxylic acids is 2. The maximum Gasteiger partial charge on any atom is 0.301 e. The summed E-state index contributed by atoms with van der Waals surface area (Å²) in [6, 6.07) is 17.4. The predicted octanol–water partition coefficient (Wildman–Crippen LogP) is 7.21. The zero-order chi connectivity index (χ0) is 30.1. The Bertz CT molecular complexity index is 1730. The molecule has 2 unspecified atom stereocenters. The molecule has 222 valence electrons. The number of hydrogen-bond donors (Lipinski definition) is 1. The Hall–Kier alpha value is -4.37. The van der Waals surface area contributed by atoms with E-state index in [1.54, 1.807) is 12.1 Å². The van der Waals surface area contributed by atoms with Crippen LogP contribution in [0.5, 0.6) is 17.2 Å². The molecule has 6 rings (SSSR count). The summed E-state index contributed by atoms with van der Waals surface area (Å²) in [5.41, 5.74) is 2.73. The molecule has 1 N–H and O–H groups in total. The Morgan fingerprint density at radius 2 is 1.88 bits per heavy atom. The molecule has 1 saturated heterocycles. The molecule has 3 heterocycles. The molecular weight excluding hydrogens is 564 g/mol. The number of ether oxygens (including phenoxy) is 3. The summed E-state index contributed by atoms with van der Waals surface area (Å²) in [6.07, 6.45) is 3.80. The van der Waals surface area contributed by atoms with Crippen molar-refractivity contribution in [2.75, 3.05) is 18.1 Å². The molecule has 9 heteroatoms. The number of fused-ring (bicyclic) bond motifs is 2. The number of aliphatic hydroxyl groups excluding tert-OH is 1. The number of unbranched alkanes of at least 4 members (excludes halogenated alkanes) is 2. The molecule has 3 aromatic carbocycles. The van der Waals surface area contributed by atoms with Crippen molar-refractivity contribution in [3.05, 3.63) is 82.9 Å². The minimum Gasteiger partial charge on any atom is -0.507 e. The highest BCUT2D eigenvalue weighted by atomic mass is 32.1. The number of anilines is 1. The third-order valence-corrected chi connectivity index (χ3v) is 8.69. The number of ketones is 1. The lowest BCUT2D eigenvalue weighted by Gasteiger charge is -2.23. The van der Waals surface area contributed by atoms with E-state index in [1.807, 2.05) is 62.4 Å². The van der Waals surface area contributed by atoms with E-state index in [0.717, 1.165) is 35.3 Å². The van der Waals surface area contributed by atoms with Crippen LogP contribution in [-0.2, 0) is 16.0 Å². The third-order valence-electron chi connectivity index (χ3n) is 7.67. The van der Waals surface area contributed by atoms with Crippen LogP contribution in [-0.4, -0.2) is 41.1 Å². The number of nitrogens with zero attached hydrogens (tertiary/aromatic N) is 2. The molecule has 0 aliphatic carbocycles. The maximum absolute atomic E-state index is 13.8. The standard InChI is InChI=1S/C34H34N2O6S/c1-4-6-7-15-41-24-10-8-9-21(18-24)30-29(31(37)22-11-14-27-23(17-22)16-20(3)42-27)32(38)33(39)36(30)34-35-26-13-12-25(40-5-2)19-28(26)43-34/h8-14,17-20,30,37H,4-7,15-16H2,1-3H3. The van der Waals surface area contributed by atoms with Gasteiger partial charge in [-0.05, 0) is 79.9 Å². The van der Waals surface area contributed by atoms with Crippen molar-refractivity contribution in [1.82, 2.24) is 4.98 Å². The number of carbonyl (C=O) groups is 2. The van der Waals surface area contributed by atoms with Gasteiger partial charge in [0.05, 0.1) is 35.0 Å². The van der Waals surface area contributed by atoms with Crippen molar-refractivity contribution in [3.8, 4) is 17.2 Å². The highest BCUT2D eigenvalue weighted by Gasteiger charge is 2.48. The zero-order valence-electron chi connectivity index (χ0n) is 24.5. The van der Waals surface area contributed by atoms with Crippen molar-refractivity contribution < 1.29 is 28.9 Å². The molecule has 1 aromatic heterocycles. The minimum absolute atomic E-state index is 0.00862. The van der Waals surface area contributed by atoms with Gasteiger partial charge in [-0.2, -0.15) is 0 Å². The van der Waals surface area contributed by atoms with Gasteiger partial charge in [0, 0.05) is 12.0 Å². The van der Waals surface area contributed by atoms with Gasteiger partial charge < -0.3 is 19.3 Å². The molecule has 1 amide bonds. The number of aliphatic hydroxyl groups is 1. The van der Waals surface area contributed by atoms with Crippen molar-refractivity contribution in [2.45, 2.75) is 58.6 Å². The Morgan fingerprint density at radius 3 is 2.70 bits per heavy atom. The fourth-order valence-corrected chi connectivity index (χ4v) is 6.66. The van der Waals surface area contributed by atoms with E-state index in [-0.39, 0.29) is 17.4 Å². The van der Waals surface area contributed by atoms with Crippen LogP contribution in [0.2, 0.25) is 0 Å². The molecule has 2 atom stereocenters. The smallest absolute Gasteiger partial charge is 0.301 e. The van der Waals surface area contributed by atoms with E-state index in [2.05, 4.69) is 6.92 Å². The molecule has 0 bridgehead atoms. The lowest BCUT2D eigenvalue weighted by atomic mass is 9.94. The summed E-state index contributed by atoms with van der Waals surface area (Å²) in [6.45, 7) is 7.12. The molecule has 2 aliphatic heterocycles. The van der Waals surface area contributed by atoms with Gasteiger partial charge in [0.2, 0.25) is 0 Å².